The average Bonchev–Trinajstić information content (AvgIpc) is 2.90. The Morgan fingerprint density at radius 3 is 1.83 bits per heavy atom. The third-order valence-corrected chi connectivity index (χ3v) is 4.52. The van der Waals surface area contributed by atoms with E-state index >= 15 is 0 Å². The highest BCUT2D eigenvalue weighted by Gasteiger charge is 2.12. The van der Waals surface area contributed by atoms with Crippen molar-refractivity contribution in [3.8, 4) is 11.5 Å². The minimum Gasteiger partial charge on any atom is -0.497 e. The van der Waals surface area contributed by atoms with Crippen LogP contribution in [-0.2, 0) is 6.54 Å². The third kappa shape index (κ3) is 3.00. The van der Waals surface area contributed by atoms with Gasteiger partial charge in [-0.15, -0.1) is 0 Å². The van der Waals surface area contributed by atoms with Gasteiger partial charge in [-0.3, -0.25) is 0 Å². The monoisotopic (exact) mass is 311 g/mol. The fourth-order valence-electron chi connectivity index (χ4n) is 3.25. The molecular weight excluding hydrogens is 286 g/mol. The second-order valence-corrected chi connectivity index (χ2v) is 5.98. The van der Waals surface area contributed by atoms with Crippen LogP contribution in [0.2, 0.25) is 0 Å². The Balaban J connectivity index is 2.12. The molecule has 3 rings (SSSR count). The number of hydrogen-bond acceptors (Lipinski definition) is 2. The quantitative estimate of drug-likeness (QED) is 0.546. The lowest BCUT2D eigenvalue weighted by Crippen LogP contribution is -1.98. The van der Waals surface area contributed by atoms with E-state index < -0.39 is 0 Å². The maximum absolute atomic E-state index is 5.42. The molecule has 0 N–H and O–H groups in total. The number of methoxy groups -OCH3 is 2. The molecule has 0 aliphatic heterocycles. The van der Waals surface area contributed by atoms with Crippen LogP contribution in [-0.4, -0.2) is 18.8 Å². The van der Waals surface area contributed by atoms with Crippen LogP contribution in [0.15, 0.2) is 36.4 Å². The summed E-state index contributed by atoms with van der Waals surface area (Å²) in [4.78, 5) is 0. The third-order valence-electron chi connectivity index (χ3n) is 4.52. The van der Waals surface area contributed by atoms with Gasteiger partial charge >= 0.3 is 0 Å². The van der Waals surface area contributed by atoms with Crippen LogP contribution >= 0.6 is 0 Å². The summed E-state index contributed by atoms with van der Waals surface area (Å²) in [6, 6.07) is 12.7. The molecule has 122 valence electrons. The molecule has 3 heteroatoms. The van der Waals surface area contributed by atoms with Crippen molar-refractivity contribution in [3.63, 3.8) is 0 Å². The molecule has 2 aromatic carbocycles. The zero-order chi connectivity index (χ0) is 16.2. The van der Waals surface area contributed by atoms with E-state index in [-0.39, 0.29) is 0 Å². The second kappa shape index (κ2) is 6.95. The normalized spacial score (nSPS) is 11.3. The Morgan fingerprint density at radius 2 is 1.35 bits per heavy atom. The average molecular weight is 311 g/mol. The van der Waals surface area contributed by atoms with Gasteiger partial charge in [0.25, 0.3) is 0 Å². The first-order chi connectivity index (χ1) is 11.3. The Bertz CT molecular complexity index is 743. The molecular formula is C20H25NO2. The Morgan fingerprint density at radius 1 is 0.783 bits per heavy atom. The Labute approximate surface area is 137 Å². The number of fused-ring (bicyclic) bond motifs is 3. The maximum Gasteiger partial charge on any atom is 0.120 e. The van der Waals surface area contributed by atoms with Crippen LogP contribution in [0, 0.1) is 0 Å². The van der Waals surface area contributed by atoms with Crippen molar-refractivity contribution < 1.29 is 9.47 Å². The topological polar surface area (TPSA) is 23.4 Å². The van der Waals surface area contributed by atoms with Gasteiger partial charge in [0.05, 0.1) is 25.3 Å². The molecule has 3 nitrogen and oxygen atoms in total. The predicted molar refractivity (Wildman–Crippen MR) is 96.7 cm³/mol. The highest BCUT2D eigenvalue weighted by molar-refractivity contribution is 6.08. The van der Waals surface area contributed by atoms with Crippen LogP contribution in [0.4, 0.5) is 0 Å². The van der Waals surface area contributed by atoms with Crippen molar-refractivity contribution in [1.82, 2.24) is 4.57 Å². The van der Waals surface area contributed by atoms with E-state index in [0.29, 0.717) is 0 Å². The standard InChI is InChI=1S/C20H25NO2/c1-4-5-6-7-12-21-19-13-15(22-2)8-10-17(19)18-11-9-16(23-3)14-20(18)21/h8-11,13-14H,4-7,12H2,1-3H3. The summed E-state index contributed by atoms with van der Waals surface area (Å²) in [7, 11) is 3.44. The van der Waals surface area contributed by atoms with Crippen LogP contribution in [0.25, 0.3) is 21.8 Å². The van der Waals surface area contributed by atoms with E-state index in [4.69, 9.17) is 9.47 Å². The first kappa shape index (κ1) is 15.7. The zero-order valence-electron chi connectivity index (χ0n) is 14.3. The molecule has 0 fully saturated rings. The van der Waals surface area contributed by atoms with Crippen LogP contribution in [0.3, 0.4) is 0 Å². The minimum absolute atomic E-state index is 0.905. The van der Waals surface area contributed by atoms with Crippen molar-refractivity contribution in [1.29, 1.82) is 0 Å². The van der Waals surface area contributed by atoms with Gasteiger partial charge < -0.3 is 14.0 Å². The fraction of sp³-hybridized carbons (Fsp3) is 0.400. The summed E-state index contributed by atoms with van der Waals surface area (Å²) in [5.74, 6) is 1.81. The van der Waals surface area contributed by atoms with Crippen LogP contribution in [0.5, 0.6) is 11.5 Å². The van der Waals surface area contributed by atoms with Crippen molar-refractivity contribution in [3.05, 3.63) is 36.4 Å². The summed E-state index contributed by atoms with van der Waals surface area (Å²) in [6.07, 6.45) is 5.02. The lowest BCUT2D eigenvalue weighted by molar-refractivity contribution is 0.415. The number of nitrogens with zero attached hydrogens (tertiary/aromatic N) is 1. The predicted octanol–water partition coefficient (Wildman–Crippen LogP) is 5.39. The van der Waals surface area contributed by atoms with Gasteiger partial charge in [-0.05, 0) is 30.7 Å². The minimum atomic E-state index is 0.905. The van der Waals surface area contributed by atoms with Gasteiger partial charge in [-0.2, -0.15) is 0 Å². The van der Waals surface area contributed by atoms with Crippen LogP contribution in [0.1, 0.15) is 32.6 Å². The van der Waals surface area contributed by atoms with E-state index in [2.05, 4.69) is 35.8 Å². The second-order valence-electron chi connectivity index (χ2n) is 5.98. The lowest BCUT2D eigenvalue weighted by Gasteiger charge is -2.09. The summed E-state index contributed by atoms with van der Waals surface area (Å²) in [6.45, 7) is 3.27. The van der Waals surface area contributed by atoms with E-state index in [1.54, 1.807) is 14.2 Å². The number of benzene rings is 2. The Kier molecular flexibility index (Phi) is 4.75. The van der Waals surface area contributed by atoms with E-state index in [1.807, 2.05) is 12.1 Å². The number of unbranched alkanes of at least 4 members (excludes halogenated alkanes) is 3. The molecule has 3 aromatic rings. The molecule has 0 aliphatic rings. The molecule has 1 heterocycles. The molecule has 23 heavy (non-hydrogen) atoms. The van der Waals surface area contributed by atoms with Gasteiger partial charge in [-0.1, -0.05) is 26.2 Å². The zero-order valence-corrected chi connectivity index (χ0v) is 14.3. The van der Waals surface area contributed by atoms with Gasteiger partial charge in [0, 0.05) is 29.4 Å². The molecule has 0 spiro atoms. The molecule has 0 saturated heterocycles. The van der Waals surface area contributed by atoms with Gasteiger partial charge in [0.15, 0.2) is 0 Å². The molecule has 0 bridgehead atoms. The Hall–Kier alpha value is -2.16. The lowest BCUT2D eigenvalue weighted by atomic mass is 10.1. The first-order valence-corrected chi connectivity index (χ1v) is 8.42. The summed E-state index contributed by atoms with van der Waals surface area (Å²) < 4.78 is 13.3. The van der Waals surface area contributed by atoms with E-state index in [0.717, 1.165) is 18.0 Å². The van der Waals surface area contributed by atoms with Gasteiger partial charge in [-0.25, -0.2) is 0 Å². The first-order valence-electron chi connectivity index (χ1n) is 8.42. The number of aryl methyl sites for hydroxylation is 1. The highest BCUT2D eigenvalue weighted by atomic mass is 16.5. The van der Waals surface area contributed by atoms with E-state index in [1.165, 1.54) is 47.5 Å². The SMILES string of the molecule is CCCCCCn1c2cc(OC)ccc2c2ccc(OC)cc21. The summed E-state index contributed by atoms with van der Waals surface area (Å²) in [5.41, 5.74) is 2.48. The van der Waals surface area contributed by atoms with Crippen molar-refractivity contribution in [2.24, 2.45) is 0 Å². The van der Waals surface area contributed by atoms with Gasteiger partial charge in [0.2, 0.25) is 0 Å². The van der Waals surface area contributed by atoms with E-state index in [9.17, 15) is 0 Å². The highest BCUT2D eigenvalue weighted by Crippen LogP contribution is 2.34. The largest absolute Gasteiger partial charge is 0.497 e. The van der Waals surface area contributed by atoms with Gasteiger partial charge in [0.1, 0.15) is 11.5 Å². The van der Waals surface area contributed by atoms with Crippen molar-refractivity contribution in [2.75, 3.05) is 14.2 Å². The smallest absolute Gasteiger partial charge is 0.120 e. The summed E-state index contributed by atoms with van der Waals surface area (Å²) in [5, 5.41) is 2.55. The molecule has 1 aromatic heterocycles. The number of rotatable bonds is 7. The number of aromatic nitrogens is 1. The molecule has 0 unspecified atom stereocenters. The van der Waals surface area contributed by atoms with Crippen LogP contribution < -0.4 is 9.47 Å². The molecule has 0 amide bonds. The maximum atomic E-state index is 5.42. The molecule has 0 atom stereocenters. The molecule has 0 aliphatic carbocycles. The molecule has 0 radical (unpaired) electrons. The summed E-state index contributed by atoms with van der Waals surface area (Å²) >= 11 is 0. The van der Waals surface area contributed by atoms with Crippen molar-refractivity contribution >= 4 is 21.8 Å². The fourth-order valence-corrected chi connectivity index (χ4v) is 3.25. The number of hydrogen-bond donors (Lipinski definition) is 0. The molecule has 0 saturated carbocycles. The van der Waals surface area contributed by atoms with Crippen molar-refractivity contribution in [2.45, 2.75) is 39.2 Å². The number of ether oxygens (including phenoxy) is 2.